The second kappa shape index (κ2) is 7.10. The summed E-state index contributed by atoms with van der Waals surface area (Å²) in [5, 5.41) is 0. The molecule has 0 aliphatic heterocycles. The minimum atomic E-state index is -0.946. The second-order valence-electron chi connectivity index (χ2n) is 4.82. The normalized spacial score (nSPS) is 14.6. The third-order valence-corrected chi connectivity index (χ3v) is 3.74. The van der Waals surface area contributed by atoms with E-state index in [-0.39, 0.29) is 11.8 Å². The lowest BCUT2D eigenvalue weighted by atomic mass is 9.88. The van der Waals surface area contributed by atoms with Crippen LogP contribution in [0.5, 0.6) is 5.75 Å². The zero-order chi connectivity index (χ0) is 13.7. The molecule has 0 aliphatic carbocycles. The largest absolute Gasteiger partial charge is 0.496 e. The predicted octanol–water partition coefficient (Wildman–Crippen LogP) is 3.57. The summed E-state index contributed by atoms with van der Waals surface area (Å²) in [4.78, 5) is 0. The summed E-state index contributed by atoms with van der Waals surface area (Å²) < 4.78 is 20.5. The Balaban J connectivity index is 2.86. The Morgan fingerprint density at radius 1 is 1.39 bits per heavy atom. The number of hydrogen-bond donors (Lipinski definition) is 1. The zero-order valence-electron chi connectivity index (χ0n) is 11.1. The molecule has 1 aromatic rings. The molecule has 0 bridgehead atoms. The van der Waals surface area contributed by atoms with Gasteiger partial charge in [-0.3, -0.25) is 0 Å². The number of ether oxygens (including phenoxy) is 1. The Morgan fingerprint density at radius 2 is 2.06 bits per heavy atom. The molecule has 0 amide bonds. The SMILES string of the molecule is COc1ccc(Br)cc1CC(F)C(CN)C(C)C. The van der Waals surface area contributed by atoms with Crippen LogP contribution in [-0.2, 0) is 6.42 Å². The highest BCUT2D eigenvalue weighted by molar-refractivity contribution is 9.10. The molecular formula is C14H21BrFNO. The minimum Gasteiger partial charge on any atom is -0.496 e. The lowest BCUT2D eigenvalue weighted by Gasteiger charge is -2.23. The van der Waals surface area contributed by atoms with Crippen molar-refractivity contribution in [1.82, 2.24) is 0 Å². The molecule has 0 fully saturated rings. The van der Waals surface area contributed by atoms with Crippen LogP contribution >= 0.6 is 15.9 Å². The number of hydrogen-bond acceptors (Lipinski definition) is 2. The van der Waals surface area contributed by atoms with Gasteiger partial charge in [-0.25, -0.2) is 4.39 Å². The highest BCUT2D eigenvalue weighted by Gasteiger charge is 2.24. The molecule has 2 atom stereocenters. The Hall–Kier alpha value is -0.610. The number of rotatable bonds is 6. The fourth-order valence-corrected chi connectivity index (χ4v) is 2.51. The molecule has 0 heterocycles. The Kier molecular flexibility index (Phi) is 6.09. The molecule has 4 heteroatoms. The molecule has 0 aromatic heterocycles. The van der Waals surface area contributed by atoms with E-state index in [9.17, 15) is 4.39 Å². The van der Waals surface area contributed by atoms with E-state index in [1.54, 1.807) is 7.11 Å². The molecule has 102 valence electrons. The molecular weight excluding hydrogens is 297 g/mol. The molecule has 0 radical (unpaired) electrons. The quantitative estimate of drug-likeness (QED) is 0.870. The van der Waals surface area contributed by atoms with E-state index in [2.05, 4.69) is 15.9 Å². The van der Waals surface area contributed by atoms with Gasteiger partial charge in [-0.1, -0.05) is 29.8 Å². The van der Waals surface area contributed by atoms with Crippen LogP contribution in [0.25, 0.3) is 0 Å². The van der Waals surface area contributed by atoms with Gasteiger partial charge in [-0.05, 0) is 36.2 Å². The van der Waals surface area contributed by atoms with Gasteiger partial charge in [-0.15, -0.1) is 0 Å². The third kappa shape index (κ3) is 3.95. The van der Waals surface area contributed by atoms with Crippen LogP contribution in [0.3, 0.4) is 0 Å². The monoisotopic (exact) mass is 317 g/mol. The van der Waals surface area contributed by atoms with Gasteiger partial charge < -0.3 is 10.5 Å². The lowest BCUT2D eigenvalue weighted by molar-refractivity contribution is 0.184. The van der Waals surface area contributed by atoms with Gasteiger partial charge in [0.25, 0.3) is 0 Å². The van der Waals surface area contributed by atoms with E-state index in [1.165, 1.54) is 0 Å². The van der Waals surface area contributed by atoms with Crippen molar-refractivity contribution in [3.05, 3.63) is 28.2 Å². The van der Waals surface area contributed by atoms with Crippen LogP contribution in [0.1, 0.15) is 19.4 Å². The van der Waals surface area contributed by atoms with Gasteiger partial charge in [0.05, 0.1) is 7.11 Å². The Labute approximate surface area is 117 Å². The first-order valence-corrected chi connectivity index (χ1v) is 6.95. The van der Waals surface area contributed by atoms with E-state index >= 15 is 0 Å². The maximum Gasteiger partial charge on any atom is 0.122 e. The first-order valence-electron chi connectivity index (χ1n) is 6.16. The summed E-state index contributed by atoms with van der Waals surface area (Å²) in [5.74, 6) is 0.845. The smallest absolute Gasteiger partial charge is 0.122 e. The summed E-state index contributed by atoms with van der Waals surface area (Å²) in [6.45, 7) is 4.37. The van der Waals surface area contributed by atoms with Gasteiger partial charge in [0.1, 0.15) is 11.9 Å². The predicted molar refractivity (Wildman–Crippen MR) is 76.7 cm³/mol. The summed E-state index contributed by atoms with van der Waals surface area (Å²) >= 11 is 3.40. The summed E-state index contributed by atoms with van der Waals surface area (Å²) in [6, 6.07) is 5.64. The highest BCUT2D eigenvalue weighted by atomic mass is 79.9. The lowest BCUT2D eigenvalue weighted by Crippen LogP contribution is -2.30. The van der Waals surface area contributed by atoms with E-state index in [4.69, 9.17) is 10.5 Å². The van der Waals surface area contributed by atoms with Crippen LogP contribution in [0, 0.1) is 11.8 Å². The van der Waals surface area contributed by atoms with Crippen LogP contribution < -0.4 is 10.5 Å². The maximum absolute atomic E-state index is 14.3. The molecule has 0 spiro atoms. The molecule has 18 heavy (non-hydrogen) atoms. The Bertz CT molecular complexity index is 384. The van der Waals surface area contributed by atoms with E-state index in [0.717, 1.165) is 15.8 Å². The molecule has 0 aliphatic rings. The number of methoxy groups -OCH3 is 1. The summed E-state index contributed by atoms with van der Waals surface area (Å²) in [7, 11) is 1.60. The van der Waals surface area contributed by atoms with Crippen molar-refractivity contribution >= 4 is 15.9 Å². The van der Waals surface area contributed by atoms with Crippen LogP contribution in [0.4, 0.5) is 4.39 Å². The molecule has 0 saturated carbocycles. The number of nitrogens with two attached hydrogens (primary N) is 1. The minimum absolute atomic E-state index is 0.117. The van der Waals surface area contributed by atoms with Gasteiger partial charge in [0, 0.05) is 16.8 Å². The standard InChI is InChI=1S/C14H21BrFNO/c1-9(2)12(8-17)13(16)7-10-6-11(15)4-5-14(10)18-3/h4-6,9,12-13H,7-8,17H2,1-3H3. The number of halogens is 2. The molecule has 1 aromatic carbocycles. The Morgan fingerprint density at radius 3 is 2.56 bits per heavy atom. The molecule has 2 nitrogen and oxygen atoms in total. The van der Waals surface area contributed by atoms with Crippen molar-refractivity contribution < 1.29 is 9.13 Å². The van der Waals surface area contributed by atoms with Crippen molar-refractivity contribution in [3.63, 3.8) is 0 Å². The molecule has 0 saturated heterocycles. The summed E-state index contributed by atoms with van der Waals surface area (Å²) in [6.07, 6.45) is -0.610. The third-order valence-electron chi connectivity index (χ3n) is 3.25. The van der Waals surface area contributed by atoms with Crippen molar-refractivity contribution in [2.24, 2.45) is 17.6 Å². The van der Waals surface area contributed by atoms with Crippen molar-refractivity contribution in [3.8, 4) is 5.75 Å². The second-order valence-corrected chi connectivity index (χ2v) is 5.74. The maximum atomic E-state index is 14.3. The average molecular weight is 318 g/mol. The summed E-state index contributed by atoms with van der Waals surface area (Å²) in [5.41, 5.74) is 6.52. The topological polar surface area (TPSA) is 35.2 Å². The first kappa shape index (κ1) is 15.4. The van der Waals surface area contributed by atoms with Gasteiger partial charge in [0.2, 0.25) is 0 Å². The van der Waals surface area contributed by atoms with Gasteiger partial charge in [-0.2, -0.15) is 0 Å². The zero-order valence-corrected chi connectivity index (χ0v) is 12.7. The van der Waals surface area contributed by atoms with Crippen molar-refractivity contribution in [2.75, 3.05) is 13.7 Å². The fraction of sp³-hybridized carbons (Fsp3) is 0.571. The number of benzene rings is 1. The van der Waals surface area contributed by atoms with E-state index in [0.29, 0.717) is 13.0 Å². The van der Waals surface area contributed by atoms with Gasteiger partial charge in [0.15, 0.2) is 0 Å². The van der Waals surface area contributed by atoms with E-state index < -0.39 is 6.17 Å². The molecule has 2 N–H and O–H groups in total. The van der Waals surface area contributed by atoms with Crippen molar-refractivity contribution in [1.29, 1.82) is 0 Å². The van der Waals surface area contributed by atoms with E-state index in [1.807, 2.05) is 32.0 Å². The average Bonchev–Trinajstić information content (AvgIpc) is 2.29. The number of alkyl halides is 1. The van der Waals surface area contributed by atoms with Crippen molar-refractivity contribution in [2.45, 2.75) is 26.4 Å². The van der Waals surface area contributed by atoms with Gasteiger partial charge >= 0.3 is 0 Å². The van der Waals surface area contributed by atoms with Crippen LogP contribution in [-0.4, -0.2) is 19.8 Å². The molecule has 2 unspecified atom stereocenters. The fourth-order valence-electron chi connectivity index (χ4n) is 2.11. The first-order chi connectivity index (χ1) is 8.49. The van der Waals surface area contributed by atoms with Crippen LogP contribution in [0.15, 0.2) is 22.7 Å². The molecule has 1 rings (SSSR count). The highest BCUT2D eigenvalue weighted by Crippen LogP contribution is 2.28. The van der Waals surface area contributed by atoms with Crippen LogP contribution in [0.2, 0.25) is 0 Å².